The van der Waals surface area contributed by atoms with Gasteiger partial charge in [0.1, 0.15) is 5.69 Å². The van der Waals surface area contributed by atoms with Crippen molar-refractivity contribution < 1.29 is 14.7 Å². The molecule has 0 aromatic carbocycles. The number of carboxylic acids is 1. The molecule has 21 heavy (non-hydrogen) atoms. The van der Waals surface area contributed by atoms with E-state index in [0.29, 0.717) is 24.6 Å². The Bertz CT molecular complexity index is 527. The lowest BCUT2D eigenvalue weighted by atomic mass is 9.90. The molecule has 6 heteroatoms. The number of carbonyl (C=O) groups excluding carboxylic acids is 1. The van der Waals surface area contributed by atoms with Crippen LogP contribution in [-0.4, -0.2) is 39.5 Å². The zero-order chi connectivity index (χ0) is 15.6. The predicted molar refractivity (Wildman–Crippen MR) is 81.5 cm³/mol. The Balaban J connectivity index is 2.11. The Labute approximate surface area is 129 Å². The molecule has 5 nitrogen and oxygen atoms in total. The van der Waals surface area contributed by atoms with Gasteiger partial charge in [0.25, 0.3) is 5.91 Å². The molecule has 1 aliphatic rings. The number of likely N-dealkylation sites (tertiary alicyclic amines) is 1. The molecular formula is C15H22N2O3S. The SMILES string of the molecule is CC(C)Cc1nc(C(=O)N2CCC[C@H](C(=O)O)[C@@H]2C)cs1. The molecular weight excluding hydrogens is 288 g/mol. The van der Waals surface area contributed by atoms with Gasteiger partial charge in [-0.3, -0.25) is 9.59 Å². The lowest BCUT2D eigenvalue weighted by Crippen LogP contribution is -2.49. The van der Waals surface area contributed by atoms with E-state index in [1.807, 2.05) is 6.92 Å². The molecule has 2 atom stereocenters. The summed E-state index contributed by atoms with van der Waals surface area (Å²) in [5.41, 5.74) is 0.452. The lowest BCUT2D eigenvalue weighted by molar-refractivity contribution is -0.144. The third-order valence-corrected chi connectivity index (χ3v) is 4.79. The maximum absolute atomic E-state index is 12.6. The van der Waals surface area contributed by atoms with Gasteiger partial charge in [0.2, 0.25) is 0 Å². The van der Waals surface area contributed by atoms with Crippen LogP contribution in [0, 0.1) is 11.8 Å². The largest absolute Gasteiger partial charge is 0.481 e. The van der Waals surface area contributed by atoms with Crippen LogP contribution in [0.4, 0.5) is 0 Å². The molecule has 2 heterocycles. The Hall–Kier alpha value is -1.43. The van der Waals surface area contributed by atoms with E-state index in [0.717, 1.165) is 17.8 Å². The van der Waals surface area contributed by atoms with Crippen molar-refractivity contribution in [3.63, 3.8) is 0 Å². The molecule has 1 fully saturated rings. The average Bonchev–Trinajstić information content (AvgIpc) is 2.85. The highest BCUT2D eigenvalue weighted by Gasteiger charge is 2.36. The molecule has 0 spiro atoms. The number of thiazole rings is 1. The van der Waals surface area contributed by atoms with Crippen molar-refractivity contribution in [3.8, 4) is 0 Å². The van der Waals surface area contributed by atoms with Crippen LogP contribution >= 0.6 is 11.3 Å². The van der Waals surface area contributed by atoms with Crippen molar-refractivity contribution in [2.75, 3.05) is 6.54 Å². The van der Waals surface area contributed by atoms with Gasteiger partial charge >= 0.3 is 5.97 Å². The lowest BCUT2D eigenvalue weighted by Gasteiger charge is -2.37. The first-order valence-electron chi connectivity index (χ1n) is 7.38. The van der Waals surface area contributed by atoms with Gasteiger partial charge in [-0.25, -0.2) is 4.98 Å². The first-order valence-corrected chi connectivity index (χ1v) is 8.26. The highest BCUT2D eigenvalue weighted by Crippen LogP contribution is 2.26. The second-order valence-electron chi connectivity index (χ2n) is 6.05. The van der Waals surface area contributed by atoms with Crippen molar-refractivity contribution in [2.45, 2.75) is 46.1 Å². The fourth-order valence-electron chi connectivity index (χ4n) is 2.76. The predicted octanol–water partition coefficient (Wildman–Crippen LogP) is 2.67. The number of hydrogen-bond donors (Lipinski definition) is 1. The minimum atomic E-state index is -0.821. The van der Waals surface area contributed by atoms with Crippen LogP contribution in [0.25, 0.3) is 0 Å². The van der Waals surface area contributed by atoms with E-state index < -0.39 is 11.9 Å². The number of piperidine rings is 1. The molecule has 1 aromatic heterocycles. The van der Waals surface area contributed by atoms with Crippen LogP contribution < -0.4 is 0 Å². The quantitative estimate of drug-likeness (QED) is 0.928. The third-order valence-electron chi connectivity index (χ3n) is 3.92. The Morgan fingerprint density at radius 1 is 1.52 bits per heavy atom. The van der Waals surface area contributed by atoms with Crippen LogP contribution in [-0.2, 0) is 11.2 Å². The Morgan fingerprint density at radius 3 is 2.86 bits per heavy atom. The maximum atomic E-state index is 12.6. The topological polar surface area (TPSA) is 70.5 Å². The fourth-order valence-corrected chi connectivity index (χ4v) is 3.74. The van der Waals surface area contributed by atoms with Crippen LogP contribution in [0.2, 0.25) is 0 Å². The van der Waals surface area contributed by atoms with Gasteiger partial charge in [-0.1, -0.05) is 13.8 Å². The van der Waals surface area contributed by atoms with Gasteiger partial charge in [-0.2, -0.15) is 0 Å². The Kier molecular flexibility index (Phi) is 4.98. The number of aromatic nitrogens is 1. The van der Waals surface area contributed by atoms with Crippen molar-refractivity contribution >= 4 is 23.2 Å². The molecule has 0 radical (unpaired) electrons. The van der Waals surface area contributed by atoms with E-state index in [1.165, 1.54) is 11.3 Å². The number of carbonyl (C=O) groups is 2. The Morgan fingerprint density at radius 2 is 2.24 bits per heavy atom. The van der Waals surface area contributed by atoms with Crippen LogP contribution in [0.1, 0.15) is 49.1 Å². The van der Waals surface area contributed by atoms with Gasteiger partial charge in [0, 0.05) is 24.4 Å². The van der Waals surface area contributed by atoms with Gasteiger partial charge in [0.15, 0.2) is 0 Å². The summed E-state index contributed by atoms with van der Waals surface area (Å²) in [4.78, 5) is 29.9. The van der Waals surface area contributed by atoms with Gasteiger partial charge in [-0.05, 0) is 25.7 Å². The van der Waals surface area contributed by atoms with Crippen LogP contribution in [0.3, 0.4) is 0 Å². The highest BCUT2D eigenvalue weighted by molar-refractivity contribution is 7.09. The van der Waals surface area contributed by atoms with Crippen LogP contribution in [0.5, 0.6) is 0 Å². The van der Waals surface area contributed by atoms with E-state index in [9.17, 15) is 14.7 Å². The molecule has 0 unspecified atom stereocenters. The van der Waals surface area contributed by atoms with Crippen molar-refractivity contribution in [1.82, 2.24) is 9.88 Å². The van der Waals surface area contributed by atoms with Gasteiger partial charge in [0.05, 0.1) is 10.9 Å². The first-order chi connectivity index (χ1) is 9.90. The monoisotopic (exact) mass is 310 g/mol. The summed E-state index contributed by atoms with van der Waals surface area (Å²) in [5, 5.41) is 12.0. The minimum absolute atomic E-state index is 0.139. The summed E-state index contributed by atoms with van der Waals surface area (Å²) in [6.07, 6.45) is 2.23. The van der Waals surface area contributed by atoms with Crippen molar-refractivity contribution in [1.29, 1.82) is 0 Å². The summed E-state index contributed by atoms with van der Waals surface area (Å²) in [7, 11) is 0. The number of hydrogen-bond acceptors (Lipinski definition) is 4. The van der Waals surface area contributed by atoms with E-state index in [-0.39, 0.29) is 11.9 Å². The molecule has 1 saturated heterocycles. The number of amides is 1. The summed E-state index contributed by atoms with van der Waals surface area (Å²) in [6.45, 7) is 6.66. The summed E-state index contributed by atoms with van der Waals surface area (Å²) in [5.74, 6) is -0.931. The van der Waals surface area contributed by atoms with Crippen molar-refractivity contribution in [2.24, 2.45) is 11.8 Å². The third kappa shape index (κ3) is 3.61. The molecule has 1 aromatic rings. The fraction of sp³-hybridized carbons (Fsp3) is 0.667. The van der Waals surface area contributed by atoms with E-state index >= 15 is 0 Å². The van der Waals surface area contributed by atoms with Gasteiger partial charge < -0.3 is 10.0 Å². The highest BCUT2D eigenvalue weighted by atomic mass is 32.1. The smallest absolute Gasteiger partial charge is 0.308 e. The normalized spacial score (nSPS) is 22.6. The van der Waals surface area contributed by atoms with Gasteiger partial charge in [-0.15, -0.1) is 11.3 Å². The second-order valence-corrected chi connectivity index (χ2v) is 6.99. The molecule has 1 amide bonds. The molecule has 1 N–H and O–H groups in total. The molecule has 0 saturated carbocycles. The standard InChI is InChI=1S/C15H22N2O3S/c1-9(2)7-13-16-12(8-21-13)14(18)17-6-4-5-11(10(17)3)15(19)20/h8-11H,4-7H2,1-3H3,(H,19,20)/t10-,11-/m0/s1. The molecule has 2 rings (SSSR count). The number of nitrogens with zero attached hydrogens (tertiary/aromatic N) is 2. The number of aliphatic carboxylic acids is 1. The van der Waals surface area contributed by atoms with Crippen LogP contribution in [0.15, 0.2) is 5.38 Å². The number of carboxylic acid groups (broad SMARTS) is 1. The molecule has 116 valence electrons. The zero-order valence-electron chi connectivity index (χ0n) is 12.7. The second kappa shape index (κ2) is 6.56. The number of rotatable bonds is 4. The maximum Gasteiger partial charge on any atom is 0.308 e. The molecule has 1 aliphatic heterocycles. The molecule has 0 aliphatic carbocycles. The van der Waals surface area contributed by atoms with E-state index in [2.05, 4.69) is 18.8 Å². The minimum Gasteiger partial charge on any atom is -0.481 e. The van der Waals surface area contributed by atoms with E-state index in [1.54, 1.807) is 10.3 Å². The van der Waals surface area contributed by atoms with E-state index in [4.69, 9.17) is 0 Å². The average molecular weight is 310 g/mol. The molecule has 0 bridgehead atoms. The summed E-state index contributed by atoms with van der Waals surface area (Å²) >= 11 is 1.50. The zero-order valence-corrected chi connectivity index (χ0v) is 13.5. The summed E-state index contributed by atoms with van der Waals surface area (Å²) in [6, 6.07) is -0.279. The first kappa shape index (κ1) is 15.9. The summed E-state index contributed by atoms with van der Waals surface area (Å²) < 4.78 is 0. The van der Waals surface area contributed by atoms with Crippen molar-refractivity contribution in [3.05, 3.63) is 16.1 Å².